The van der Waals surface area contributed by atoms with E-state index >= 15 is 0 Å². The van der Waals surface area contributed by atoms with Gasteiger partial charge >= 0.3 is 0 Å². The van der Waals surface area contributed by atoms with Crippen molar-refractivity contribution in [3.8, 4) is 0 Å². The number of nitrogens with zero attached hydrogens (tertiary/aromatic N) is 3. The summed E-state index contributed by atoms with van der Waals surface area (Å²) in [6.45, 7) is 0. The number of imidazole rings is 1. The van der Waals surface area contributed by atoms with Crippen LogP contribution in [0.4, 0.5) is 0 Å². The summed E-state index contributed by atoms with van der Waals surface area (Å²) >= 11 is 0. The zero-order valence-electron chi connectivity index (χ0n) is 9.65. The van der Waals surface area contributed by atoms with Crippen molar-refractivity contribution < 1.29 is 8.42 Å². The topological polar surface area (TPSA) is 55.2 Å². The molecule has 2 bridgehead atoms. The van der Waals surface area contributed by atoms with E-state index in [9.17, 15) is 8.42 Å². The molecule has 1 fully saturated rings. The van der Waals surface area contributed by atoms with Crippen LogP contribution in [0.3, 0.4) is 0 Å². The molecule has 0 aromatic carbocycles. The predicted molar refractivity (Wildman–Crippen MR) is 62.8 cm³/mol. The van der Waals surface area contributed by atoms with E-state index in [0.717, 1.165) is 19.3 Å². The first kappa shape index (κ1) is 11.0. The summed E-state index contributed by atoms with van der Waals surface area (Å²) < 4.78 is 28.3. The van der Waals surface area contributed by atoms with Crippen LogP contribution < -0.4 is 0 Å². The fourth-order valence-corrected chi connectivity index (χ4v) is 4.68. The van der Waals surface area contributed by atoms with Gasteiger partial charge in [0.25, 0.3) is 10.0 Å². The van der Waals surface area contributed by atoms with E-state index in [4.69, 9.17) is 0 Å². The minimum absolute atomic E-state index is 0.0236. The highest BCUT2D eigenvalue weighted by atomic mass is 32.2. The lowest BCUT2D eigenvalue weighted by atomic mass is 10.2. The van der Waals surface area contributed by atoms with Gasteiger partial charge in [-0.3, -0.25) is 0 Å². The maximum atomic E-state index is 12.5. The summed E-state index contributed by atoms with van der Waals surface area (Å²) in [5, 5.41) is 0.143. The van der Waals surface area contributed by atoms with Crippen LogP contribution in [0.5, 0.6) is 0 Å². The molecule has 3 heterocycles. The monoisotopic (exact) mass is 253 g/mol. The summed E-state index contributed by atoms with van der Waals surface area (Å²) in [5.74, 6) is 0. The van der Waals surface area contributed by atoms with Crippen LogP contribution in [-0.4, -0.2) is 34.4 Å². The van der Waals surface area contributed by atoms with Gasteiger partial charge in [-0.25, -0.2) is 13.4 Å². The Morgan fingerprint density at radius 2 is 2.24 bits per heavy atom. The van der Waals surface area contributed by atoms with Crippen LogP contribution in [0.25, 0.3) is 0 Å². The molecular formula is C11H15N3O2S. The fraction of sp³-hybridized carbons (Fsp3) is 0.545. The highest BCUT2D eigenvalue weighted by Gasteiger charge is 2.43. The molecule has 1 saturated heterocycles. The molecule has 0 spiro atoms. The third kappa shape index (κ3) is 1.55. The van der Waals surface area contributed by atoms with Gasteiger partial charge in [0.2, 0.25) is 5.16 Å². The lowest BCUT2D eigenvalue weighted by Crippen LogP contribution is -2.42. The third-order valence-corrected chi connectivity index (χ3v) is 5.51. The van der Waals surface area contributed by atoms with Gasteiger partial charge in [-0.15, -0.1) is 0 Å². The van der Waals surface area contributed by atoms with Gasteiger partial charge < -0.3 is 4.57 Å². The molecule has 2 unspecified atom stereocenters. The first-order valence-corrected chi connectivity index (χ1v) is 7.22. The molecule has 0 aliphatic carbocycles. The van der Waals surface area contributed by atoms with Gasteiger partial charge in [0, 0.05) is 31.5 Å². The fourth-order valence-electron chi connectivity index (χ4n) is 2.75. The molecule has 2 aliphatic rings. The number of hydrogen-bond donors (Lipinski definition) is 0. The normalized spacial score (nSPS) is 28.8. The van der Waals surface area contributed by atoms with Crippen molar-refractivity contribution in [2.45, 2.75) is 36.5 Å². The molecule has 0 N–H and O–H groups in total. The third-order valence-electron chi connectivity index (χ3n) is 3.53. The Hall–Kier alpha value is -1.14. The smallest absolute Gasteiger partial charge is 0.277 e. The van der Waals surface area contributed by atoms with E-state index in [2.05, 4.69) is 11.1 Å². The Kier molecular flexibility index (Phi) is 2.38. The minimum Gasteiger partial charge on any atom is -0.324 e. The molecule has 0 radical (unpaired) electrons. The van der Waals surface area contributed by atoms with Crippen LogP contribution in [0.2, 0.25) is 0 Å². The quantitative estimate of drug-likeness (QED) is 0.736. The van der Waals surface area contributed by atoms with Gasteiger partial charge in [-0.05, 0) is 19.3 Å². The van der Waals surface area contributed by atoms with Crippen molar-refractivity contribution in [3.05, 3.63) is 24.5 Å². The molecule has 1 aromatic heterocycles. The van der Waals surface area contributed by atoms with Crippen molar-refractivity contribution in [2.75, 3.05) is 0 Å². The molecule has 92 valence electrons. The van der Waals surface area contributed by atoms with Gasteiger partial charge in [0.1, 0.15) is 0 Å². The number of aromatic nitrogens is 2. The molecule has 6 heteroatoms. The Balaban J connectivity index is 2.05. The number of fused-ring (bicyclic) bond motifs is 2. The first-order chi connectivity index (χ1) is 8.10. The van der Waals surface area contributed by atoms with Crippen LogP contribution in [-0.2, 0) is 17.1 Å². The second-order valence-electron chi connectivity index (χ2n) is 4.62. The van der Waals surface area contributed by atoms with Crippen molar-refractivity contribution >= 4 is 10.0 Å². The Bertz CT molecular complexity index is 561. The molecule has 2 aliphatic heterocycles. The Labute approximate surface area is 101 Å². The first-order valence-electron chi connectivity index (χ1n) is 5.78. The van der Waals surface area contributed by atoms with Crippen molar-refractivity contribution in [3.63, 3.8) is 0 Å². The van der Waals surface area contributed by atoms with E-state index in [1.165, 1.54) is 6.20 Å². The highest BCUT2D eigenvalue weighted by molar-refractivity contribution is 7.89. The standard InChI is InChI=1S/C11H15N3O2S/c1-13-8-7-12-11(13)17(15,16)14-9-3-2-4-10(14)6-5-9/h2-3,7-10H,4-6H2,1H3. The van der Waals surface area contributed by atoms with E-state index in [-0.39, 0.29) is 17.2 Å². The van der Waals surface area contributed by atoms with Crippen LogP contribution >= 0.6 is 0 Å². The maximum Gasteiger partial charge on any atom is 0.277 e. The molecule has 3 rings (SSSR count). The van der Waals surface area contributed by atoms with Crippen molar-refractivity contribution in [1.29, 1.82) is 0 Å². The van der Waals surface area contributed by atoms with Crippen LogP contribution in [0.15, 0.2) is 29.7 Å². The average Bonchev–Trinajstić information content (AvgIpc) is 2.82. The highest BCUT2D eigenvalue weighted by Crippen LogP contribution is 2.35. The molecule has 17 heavy (non-hydrogen) atoms. The lowest BCUT2D eigenvalue weighted by Gasteiger charge is -2.29. The van der Waals surface area contributed by atoms with Crippen molar-refractivity contribution in [2.24, 2.45) is 7.05 Å². The second-order valence-corrected chi connectivity index (χ2v) is 6.35. The predicted octanol–water partition coefficient (Wildman–Crippen LogP) is 0.902. The lowest BCUT2D eigenvalue weighted by molar-refractivity contribution is 0.337. The average molecular weight is 253 g/mol. The Morgan fingerprint density at radius 3 is 2.88 bits per heavy atom. The number of rotatable bonds is 2. The number of hydrogen-bond acceptors (Lipinski definition) is 3. The zero-order valence-corrected chi connectivity index (χ0v) is 10.5. The Morgan fingerprint density at radius 1 is 1.41 bits per heavy atom. The molecule has 0 amide bonds. The van der Waals surface area contributed by atoms with Gasteiger partial charge in [0.15, 0.2) is 0 Å². The van der Waals surface area contributed by atoms with Gasteiger partial charge in [-0.2, -0.15) is 4.31 Å². The molecule has 0 saturated carbocycles. The van der Waals surface area contributed by atoms with E-state index in [1.807, 2.05) is 6.08 Å². The van der Waals surface area contributed by atoms with Crippen LogP contribution in [0, 0.1) is 0 Å². The molecule has 1 aromatic rings. The number of aryl methyl sites for hydroxylation is 1. The second kappa shape index (κ2) is 3.68. The van der Waals surface area contributed by atoms with Gasteiger partial charge in [-0.1, -0.05) is 12.2 Å². The number of sulfonamides is 1. The maximum absolute atomic E-state index is 12.5. The summed E-state index contributed by atoms with van der Waals surface area (Å²) in [6, 6.07) is 0.141. The summed E-state index contributed by atoms with van der Waals surface area (Å²) in [4.78, 5) is 3.97. The molecule has 5 nitrogen and oxygen atoms in total. The van der Waals surface area contributed by atoms with E-state index in [1.54, 1.807) is 22.1 Å². The molecular weight excluding hydrogens is 238 g/mol. The summed E-state index contributed by atoms with van der Waals surface area (Å²) in [6.07, 6.45) is 9.96. The minimum atomic E-state index is -3.45. The summed E-state index contributed by atoms with van der Waals surface area (Å²) in [5.41, 5.74) is 0. The van der Waals surface area contributed by atoms with Crippen molar-refractivity contribution in [1.82, 2.24) is 13.9 Å². The summed E-state index contributed by atoms with van der Waals surface area (Å²) in [7, 11) is -1.74. The zero-order chi connectivity index (χ0) is 12.0. The van der Waals surface area contributed by atoms with E-state index < -0.39 is 10.0 Å². The largest absolute Gasteiger partial charge is 0.324 e. The molecule has 2 atom stereocenters. The van der Waals surface area contributed by atoms with Crippen LogP contribution in [0.1, 0.15) is 19.3 Å². The van der Waals surface area contributed by atoms with E-state index in [0.29, 0.717) is 0 Å². The SMILES string of the molecule is Cn1ccnc1S(=O)(=O)N1C2C=CCC1CC2. The van der Waals surface area contributed by atoms with Gasteiger partial charge in [0.05, 0.1) is 0 Å².